The van der Waals surface area contributed by atoms with E-state index < -0.39 is 11.7 Å². The Morgan fingerprint density at radius 2 is 1.74 bits per heavy atom. The Morgan fingerprint density at radius 3 is 2.42 bits per heavy atom. The number of carbonyl (C=O) groups excluding carboxylic acids is 2. The zero-order valence-corrected chi connectivity index (χ0v) is 18.9. The number of benzene rings is 2. The summed E-state index contributed by atoms with van der Waals surface area (Å²) < 4.78 is 19.0. The molecule has 8 heteroatoms. The smallest absolute Gasteiger partial charge is 0.261 e. The highest BCUT2D eigenvalue weighted by Gasteiger charge is 2.17. The van der Waals surface area contributed by atoms with E-state index in [1.165, 1.54) is 12.1 Å². The molecular formula is C23H22ClFN2O3S. The van der Waals surface area contributed by atoms with Crippen molar-refractivity contribution in [2.75, 3.05) is 18.5 Å². The molecule has 0 aliphatic heterocycles. The summed E-state index contributed by atoms with van der Waals surface area (Å²) in [6.07, 6.45) is 0. The summed E-state index contributed by atoms with van der Waals surface area (Å²) in [5.41, 5.74) is 2.98. The van der Waals surface area contributed by atoms with Gasteiger partial charge in [-0.3, -0.25) is 9.59 Å². The first-order valence-corrected chi connectivity index (χ1v) is 10.8. The Balaban J connectivity index is 1.57. The van der Waals surface area contributed by atoms with Crippen molar-refractivity contribution in [1.82, 2.24) is 5.32 Å². The molecule has 3 rings (SSSR count). The van der Waals surface area contributed by atoms with E-state index in [2.05, 4.69) is 10.6 Å². The molecule has 0 radical (unpaired) electrons. The lowest BCUT2D eigenvalue weighted by molar-refractivity contribution is 0.0949. The molecule has 2 N–H and O–H groups in total. The summed E-state index contributed by atoms with van der Waals surface area (Å²) in [4.78, 5) is 25.4. The van der Waals surface area contributed by atoms with Crippen LogP contribution in [-0.4, -0.2) is 25.0 Å². The van der Waals surface area contributed by atoms with Crippen LogP contribution >= 0.6 is 22.9 Å². The number of anilines is 1. The summed E-state index contributed by atoms with van der Waals surface area (Å²) in [6.45, 7) is 6.43. The number of carbonyl (C=O) groups is 2. The molecule has 2 amide bonds. The zero-order valence-electron chi connectivity index (χ0n) is 17.3. The third-order valence-electron chi connectivity index (χ3n) is 4.58. The maximum atomic E-state index is 13.2. The standard InChI is InChI=1S/C23H22ClFN2O3S/c1-13-5-4-6-14(2)20(13)30-10-9-26-23(29)21-15(3)11-19(31-21)27-22(28)17-8-7-16(25)12-18(17)24/h4-8,11-12H,9-10H2,1-3H3,(H,26,29)(H,27,28). The Hall–Kier alpha value is -2.90. The van der Waals surface area contributed by atoms with Gasteiger partial charge in [-0.15, -0.1) is 11.3 Å². The highest BCUT2D eigenvalue weighted by Crippen LogP contribution is 2.28. The van der Waals surface area contributed by atoms with Gasteiger partial charge >= 0.3 is 0 Å². The molecule has 0 unspecified atom stereocenters. The Bertz CT molecular complexity index is 1110. The van der Waals surface area contributed by atoms with Gasteiger partial charge in [-0.05, 0) is 61.7 Å². The van der Waals surface area contributed by atoms with Gasteiger partial charge in [0.2, 0.25) is 0 Å². The number of ether oxygens (including phenoxy) is 1. The molecule has 0 fully saturated rings. The molecule has 1 aromatic heterocycles. The number of hydrogen-bond acceptors (Lipinski definition) is 4. The van der Waals surface area contributed by atoms with Crippen molar-refractivity contribution in [2.24, 2.45) is 0 Å². The molecule has 1 heterocycles. The van der Waals surface area contributed by atoms with Gasteiger partial charge in [0.1, 0.15) is 18.2 Å². The van der Waals surface area contributed by atoms with Gasteiger partial charge in [-0.2, -0.15) is 0 Å². The number of rotatable bonds is 7. The van der Waals surface area contributed by atoms with E-state index in [0.717, 1.165) is 39.8 Å². The van der Waals surface area contributed by atoms with Crippen LogP contribution in [0.4, 0.5) is 9.39 Å². The number of amides is 2. The number of aryl methyl sites for hydroxylation is 3. The lowest BCUT2D eigenvalue weighted by Gasteiger charge is -2.12. The minimum absolute atomic E-state index is 0.0210. The van der Waals surface area contributed by atoms with Gasteiger partial charge in [0.05, 0.1) is 27.0 Å². The minimum atomic E-state index is -0.519. The number of para-hydroxylation sites is 1. The van der Waals surface area contributed by atoms with Gasteiger partial charge in [-0.25, -0.2) is 4.39 Å². The van der Waals surface area contributed by atoms with Crippen molar-refractivity contribution in [3.63, 3.8) is 0 Å². The monoisotopic (exact) mass is 460 g/mol. The number of hydrogen-bond donors (Lipinski definition) is 2. The molecule has 162 valence electrons. The van der Waals surface area contributed by atoms with E-state index in [0.29, 0.717) is 23.0 Å². The summed E-state index contributed by atoms with van der Waals surface area (Å²) >= 11 is 7.10. The minimum Gasteiger partial charge on any atom is -0.491 e. The van der Waals surface area contributed by atoms with E-state index >= 15 is 0 Å². The van der Waals surface area contributed by atoms with Crippen molar-refractivity contribution < 1.29 is 18.7 Å². The third kappa shape index (κ3) is 5.62. The van der Waals surface area contributed by atoms with Crippen LogP contribution in [0.1, 0.15) is 36.7 Å². The third-order valence-corrected chi connectivity index (χ3v) is 6.04. The van der Waals surface area contributed by atoms with Gasteiger partial charge in [0.25, 0.3) is 11.8 Å². The van der Waals surface area contributed by atoms with E-state index in [9.17, 15) is 14.0 Å². The average Bonchev–Trinajstić information content (AvgIpc) is 3.06. The van der Waals surface area contributed by atoms with E-state index in [1.54, 1.807) is 13.0 Å². The first-order valence-electron chi connectivity index (χ1n) is 9.60. The van der Waals surface area contributed by atoms with Crippen molar-refractivity contribution in [3.8, 4) is 5.75 Å². The molecular weight excluding hydrogens is 439 g/mol. The first-order chi connectivity index (χ1) is 14.8. The van der Waals surface area contributed by atoms with Crippen LogP contribution < -0.4 is 15.4 Å². The number of halogens is 2. The highest BCUT2D eigenvalue weighted by molar-refractivity contribution is 7.18. The van der Waals surface area contributed by atoms with Crippen LogP contribution in [0, 0.1) is 26.6 Å². The molecule has 0 saturated carbocycles. The summed E-state index contributed by atoms with van der Waals surface area (Å²) in [5.74, 6) is -0.407. The largest absolute Gasteiger partial charge is 0.491 e. The molecule has 0 spiro atoms. The van der Waals surface area contributed by atoms with Crippen LogP contribution in [0.25, 0.3) is 0 Å². The lowest BCUT2D eigenvalue weighted by atomic mass is 10.1. The number of thiophene rings is 1. The van der Waals surface area contributed by atoms with Crippen LogP contribution in [0.3, 0.4) is 0 Å². The molecule has 2 aromatic carbocycles. The van der Waals surface area contributed by atoms with Crippen molar-refractivity contribution in [1.29, 1.82) is 0 Å². The van der Waals surface area contributed by atoms with Crippen molar-refractivity contribution >= 4 is 39.8 Å². The van der Waals surface area contributed by atoms with Gasteiger partial charge in [-0.1, -0.05) is 29.8 Å². The molecule has 0 bridgehead atoms. The fraction of sp³-hybridized carbons (Fsp3) is 0.217. The lowest BCUT2D eigenvalue weighted by Crippen LogP contribution is -2.28. The summed E-state index contributed by atoms with van der Waals surface area (Å²) in [6, 6.07) is 11.2. The molecule has 31 heavy (non-hydrogen) atoms. The second kappa shape index (κ2) is 9.94. The highest BCUT2D eigenvalue weighted by atomic mass is 35.5. The Morgan fingerprint density at radius 1 is 1.03 bits per heavy atom. The van der Waals surface area contributed by atoms with Crippen LogP contribution in [-0.2, 0) is 0 Å². The molecule has 0 aliphatic carbocycles. The molecule has 0 atom stereocenters. The second-order valence-corrected chi connectivity index (χ2v) is 8.49. The zero-order chi connectivity index (χ0) is 22.5. The van der Waals surface area contributed by atoms with Crippen LogP contribution in [0.15, 0.2) is 42.5 Å². The average molecular weight is 461 g/mol. The summed E-state index contributed by atoms with van der Waals surface area (Å²) in [7, 11) is 0. The first kappa shape index (κ1) is 22.8. The summed E-state index contributed by atoms with van der Waals surface area (Å²) in [5, 5.41) is 6.06. The molecule has 0 saturated heterocycles. The predicted octanol–water partition coefficient (Wildman–Crippen LogP) is 5.53. The second-order valence-electron chi connectivity index (χ2n) is 7.03. The SMILES string of the molecule is Cc1cc(NC(=O)c2ccc(F)cc2Cl)sc1C(=O)NCCOc1c(C)cccc1C. The van der Waals surface area contributed by atoms with Crippen LogP contribution in [0.2, 0.25) is 5.02 Å². The fourth-order valence-electron chi connectivity index (χ4n) is 3.05. The van der Waals surface area contributed by atoms with Gasteiger partial charge in [0, 0.05) is 0 Å². The van der Waals surface area contributed by atoms with Crippen LogP contribution in [0.5, 0.6) is 5.75 Å². The van der Waals surface area contributed by atoms with Crippen molar-refractivity contribution in [3.05, 3.63) is 80.4 Å². The van der Waals surface area contributed by atoms with Crippen molar-refractivity contribution in [2.45, 2.75) is 20.8 Å². The fourth-order valence-corrected chi connectivity index (χ4v) is 4.28. The maximum Gasteiger partial charge on any atom is 0.261 e. The topological polar surface area (TPSA) is 67.4 Å². The predicted molar refractivity (Wildman–Crippen MR) is 122 cm³/mol. The van der Waals surface area contributed by atoms with E-state index in [1.807, 2.05) is 32.0 Å². The Labute approximate surface area is 189 Å². The molecule has 3 aromatic rings. The quantitative estimate of drug-likeness (QED) is 0.456. The van der Waals surface area contributed by atoms with E-state index in [-0.39, 0.29) is 16.5 Å². The maximum absolute atomic E-state index is 13.2. The molecule has 5 nitrogen and oxygen atoms in total. The Kier molecular flexibility index (Phi) is 7.30. The van der Waals surface area contributed by atoms with E-state index in [4.69, 9.17) is 16.3 Å². The van der Waals surface area contributed by atoms with Gasteiger partial charge in [0.15, 0.2) is 0 Å². The number of nitrogens with one attached hydrogen (secondary N) is 2. The molecule has 0 aliphatic rings. The normalized spacial score (nSPS) is 10.6. The van der Waals surface area contributed by atoms with Gasteiger partial charge < -0.3 is 15.4 Å².